The van der Waals surface area contributed by atoms with Gasteiger partial charge < -0.3 is 0 Å². The average molecular weight is 134 g/mol. The highest BCUT2D eigenvalue weighted by Gasteiger charge is 2.42. The SMILES string of the molecule is C[C@@H]1[C@H](C)[C@H]2C=CC=C[C@@H]12. The number of allylic oxidation sites excluding steroid dienone is 4. The Labute approximate surface area is 62.6 Å². The molecule has 54 valence electrons. The second-order valence-corrected chi connectivity index (χ2v) is 3.64. The highest BCUT2D eigenvalue weighted by atomic mass is 14.5. The van der Waals surface area contributed by atoms with Crippen molar-refractivity contribution in [3.63, 3.8) is 0 Å². The van der Waals surface area contributed by atoms with Crippen LogP contribution in [0.3, 0.4) is 0 Å². The first-order valence-corrected chi connectivity index (χ1v) is 4.15. The van der Waals surface area contributed by atoms with Crippen LogP contribution in [0.5, 0.6) is 0 Å². The molecule has 2 aliphatic rings. The van der Waals surface area contributed by atoms with Gasteiger partial charge in [0.1, 0.15) is 0 Å². The van der Waals surface area contributed by atoms with Gasteiger partial charge in [0.05, 0.1) is 0 Å². The fourth-order valence-electron chi connectivity index (χ4n) is 2.25. The summed E-state index contributed by atoms with van der Waals surface area (Å²) in [6, 6.07) is 0. The Bertz CT molecular complexity index is 166. The van der Waals surface area contributed by atoms with Gasteiger partial charge in [0.2, 0.25) is 0 Å². The van der Waals surface area contributed by atoms with Crippen molar-refractivity contribution >= 4 is 0 Å². The van der Waals surface area contributed by atoms with Gasteiger partial charge in [-0.25, -0.2) is 0 Å². The third kappa shape index (κ3) is 0.622. The van der Waals surface area contributed by atoms with E-state index in [9.17, 15) is 0 Å². The van der Waals surface area contributed by atoms with Gasteiger partial charge in [0, 0.05) is 0 Å². The standard InChI is InChI=1S/C10H14/c1-7-8(2)10-6-4-3-5-9(7)10/h3-10H,1-2H3/t7-,8+,9+,10-. The molecule has 0 unspecified atom stereocenters. The van der Waals surface area contributed by atoms with Crippen LogP contribution in [0, 0.1) is 23.7 Å². The van der Waals surface area contributed by atoms with Gasteiger partial charge in [-0.2, -0.15) is 0 Å². The Hall–Kier alpha value is -0.520. The van der Waals surface area contributed by atoms with Crippen LogP contribution in [-0.4, -0.2) is 0 Å². The van der Waals surface area contributed by atoms with E-state index in [0.717, 1.165) is 23.7 Å². The Morgan fingerprint density at radius 2 is 1.20 bits per heavy atom. The average Bonchev–Trinajstić information content (AvgIpc) is 2.03. The summed E-state index contributed by atoms with van der Waals surface area (Å²) < 4.78 is 0. The summed E-state index contributed by atoms with van der Waals surface area (Å²) in [6.45, 7) is 4.71. The second kappa shape index (κ2) is 1.98. The van der Waals surface area contributed by atoms with Gasteiger partial charge in [-0.15, -0.1) is 0 Å². The quantitative estimate of drug-likeness (QED) is 0.477. The fraction of sp³-hybridized carbons (Fsp3) is 0.600. The van der Waals surface area contributed by atoms with E-state index in [1.54, 1.807) is 0 Å². The number of hydrogen-bond acceptors (Lipinski definition) is 0. The van der Waals surface area contributed by atoms with Gasteiger partial charge in [-0.1, -0.05) is 38.2 Å². The lowest BCUT2D eigenvalue weighted by molar-refractivity contribution is 0.0730. The first-order chi connectivity index (χ1) is 4.80. The molecule has 0 heterocycles. The van der Waals surface area contributed by atoms with E-state index < -0.39 is 0 Å². The highest BCUT2D eigenvalue weighted by molar-refractivity contribution is 5.20. The number of rotatable bonds is 0. The minimum Gasteiger partial charge on any atom is -0.0806 e. The van der Waals surface area contributed by atoms with Crippen molar-refractivity contribution in [2.75, 3.05) is 0 Å². The normalized spacial score (nSPS) is 50.2. The lowest BCUT2D eigenvalue weighted by atomic mass is 9.57. The molecule has 1 saturated carbocycles. The molecule has 0 bridgehead atoms. The molecule has 0 aromatic rings. The summed E-state index contributed by atoms with van der Waals surface area (Å²) in [4.78, 5) is 0. The largest absolute Gasteiger partial charge is 0.0806 e. The molecule has 1 fully saturated rings. The maximum atomic E-state index is 2.36. The molecular weight excluding hydrogens is 120 g/mol. The predicted octanol–water partition coefficient (Wildman–Crippen LogP) is 2.63. The van der Waals surface area contributed by atoms with Crippen molar-refractivity contribution in [1.29, 1.82) is 0 Å². The van der Waals surface area contributed by atoms with Gasteiger partial charge in [0.15, 0.2) is 0 Å². The second-order valence-electron chi connectivity index (χ2n) is 3.64. The Balaban J connectivity index is 2.17. The maximum absolute atomic E-state index is 2.36. The van der Waals surface area contributed by atoms with Crippen molar-refractivity contribution in [3.05, 3.63) is 24.3 Å². The maximum Gasteiger partial charge on any atom is -0.0136 e. The van der Waals surface area contributed by atoms with E-state index >= 15 is 0 Å². The minimum atomic E-state index is 0.861. The molecule has 0 heteroatoms. The van der Waals surface area contributed by atoms with E-state index in [-0.39, 0.29) is 0 Å². The Kier molecular flexibility index (Phi) is 1.23. The van der Waals surface area contributed by atoms with Gasteiger partial charge in [-0.05, 0) is 23.7 Å². The molecule has 2 rings (SSSR count). The Morgan fingerprint density at radius 1 is 0.800 bits per heavy atom. The van der Waals surface area contributed by atoms with E-state index in [1.807, 2.05) is 0 Å². The topological polar surface area (TPSA) is 0 Å². The smallest absolute Gasteiger partial charge is 0.0136 e. The fourth-order valence-corrected chi connectivity index (χ4v) is 2.25. The third-order valence-electron chi connectivity index (χ3n) is 3.27. The molecule has 10 heavy (non-hydrogen) atoms. The molecule has 0 N–H and O–H groups in total. The summed E-state index contributed by atoms with van der Waals surface area (Å²) in [5, 5.41) is 0. The van der Waals surface area contributed by atoms with E-state index in [4.69, 9.17) is 0 Å². The summed E-state index contributed by atoms with van der Waals surface area (Å²) in [5.74, 6) is 3.54. The van der Waals surface area contributed by atoms with Crippen LogP contribution >= 0.6 is 0 Å². The zero-order chi connectivity index (χ0) is 7.14. The van der Waals surface area contributed by atoms with Crippen LogP contribution in [0.4, 0.5) is 0 Å². The predicted molar refractivity (Wildman–Crippen MR) is 43.6 cm³/mol. The lowest BCUT2D eigenvalue weighted by Crippen LogP contribution is -2.42. The molecular formula is C10H14. The summed E-state index contributed by atoms with van der Waals surface area (Å²) in [7, 11) is 0. The van der Waals surface area contributed by atoms with Crippen molar-refractivity contribution in [3.8, 4) is 0 Å². The molecule has 0 aliphatic heterocycles. The molecule has 0 radical (unpaired) electrons. The molecule has 0 aromatic carbocycles. The van der Waals surface area contributed by atoms with Crippen molar-refractivity contribution in [2.45, 2.75) is 13.8 Å². The van der Waals surface area contributed by atoms with Crippen LogP contribution in [-0.2, 0) is 0 Å². The van der Waals surface area contributed by atoms with Crippen LogP contribution in [0.15, 0.2) is 24.3 Å². The van der Waals surface area contributed by atoms with E-state index in [1.165, 1.54) is 0 Å². The monoisotopic (exact) mass is 134 g/mol. The first-order valence-electron chi connectivity index (χ1n) is 4.15. The van der Waals surface area contributed by atoms with Crippen LogP contribution in [0.1, 0.15) is 13.8 Å². The third-order valence-corrected chi connectivity index (χ3v) is 3.27. The van der Waals surface area contributed by atoms with Gasteiger partial charge >= 0.3 is 0 Å². The molecule has 2 aliphatic carbocycles. The molecule has 0 saturated heterocycles. The van der Waals surface area contributed by atoms with Crippen LogP contribution < -0.4 is 0 Å². The number of fused-ring (bicyclic) bond motifs is 1. The zero-order valence-corrected chi connectivity index (χ0v) is 6.62. The first kappa shape index (κ1) is 6.21. The lowest BCUT2D eigenvalue weighted by Gasteiger charge is -2.47. The van der Waals surface area contributed by atoms with E-state index in [2.05, 4.69) is 38.2 Å². The van der Waals surface area contributed by atoms with Crippen molar-refractivity contribution in [2.24, 2.45) is 23.7 Å². The molecule has 0 aromatic heterocycles. The highest BCUT2D eigenvalue weighted by Crippen LogP contribution is 2.48. The molecule has 0 amide bonds. The van der Waals surface area contributed by atoms with Crippen LogP contribution in [0.2, 0.25) is 0 Å². The number of hydrogen-bond donors (Lipinski definition) is 0. The van der Waals surface area contributed by atoms with Gasteiger partial charge in [-0.3, -0.25) is 0 Å². The molecule has 0 spiro atoms. The van der Waals surface area contributed by atoms with Crippen LogP contribution in [0.25, 0.3) is 0 Å². The minimum absolute atomic E-state index is 0.861. The van der Waals surface area contributed by atoms with Gasteiger partial charge in [0.25, 0.3) is 0 Å². The zero-order valence-electron chi connectivity index (χ0n) is 6.62. The van der Waals surface area contributed by atoms with E-state index in [0.29, 0.717) is 0 Å². The summed E-state index contributed by atoms with van der Waals surface area (Å²) in [6.07, 6.45) is 9.08. The van der Waals surface area contributed by atoms with Crippen molar-refractivity contribution in [1.82, 2.24) is 0 Å². The molecule has 4 atom stereocenters. The van der Waals surface area contributed by atoms with Crippen molar-refractivity contribution < 1.29 is 0 Å². The Morgan fingerprint density at radius 3 is 1.60 bits per heavy atom. The summed E-state index contributed by atoms with van der Waals surface area (Å²) >= 11 is 0. The summed E-state index contributed by atoms with van der Waals surface area (Å²) in [5.41, 5.74) is 0. The molecule has 0 nitrogen and oxygen atoms in total.